The van der Waals surface area contributed by atoms with E-state index < -0.39 is 0 Å². The topological polar surface area (TPSA) is 52.5 Å². The summed E-state index contributed by atoms with van der Waals surface area (Å²) in [6.07, 6.45) is 1.86. The number of benzene rings is 2. The summed E-state index contributed by atoms with van der Waals surface area (Å²) in [5, 5.41) is 22.5. The third-order valence-corrected chi connectivity index (χ3v) is 3.88. The number of aromatic hydroxyl groups is 2. The van der Waals surface area contributed by atoms with Crippen molar-refractivity contribution in [2.75, 3.05) is 11.1 Å². The van der Waals surface area contributed by atoms with Gasteiger partial charge < -0.3 is 15.5 Å². The molecule has 0 amide bonds. The fourth-order valence-electron chi connectivity index (χ4n) is 1.80. The summed E-state index contributed by atoms with van der Waals surface area (Å²) >= 11 is 1.70. The van der Waals surface area contributed by atoms with Crippen molar-refractivity contribution in [1.82, 2.24) is 0 Å². The van der Waals surface area contributed by atoms with E-state index >= 15 is 0 Å². The van der Waals surface area contributed by atoms with Crippen molar-refractivity contribution in [3.8, 4) is 11.5 Å². The van der Waals surface area contributed by atoms with Gasteiger partial charge in [-0.1, -0.05) is 30.3 Å². The lowest BCUT2D eigenvalue weighted by atomic mass is 10.2. The molecule has 0 aliphatic carbocycles. The second-order valence-electron chi connectivity index (χ2n) is 4.23. The van der Waals surface area contributed by atoms with Crippen LogP contribution >= 0.6 is 11.8 Å². The molecule has 2 aromatic carbocycles. The molecule has 20 heavy (non-hydrogen) atoms. The van der Waals surface area contributed by atoms with Crippen LogP contribution in [0.5, 0.6) is 11.5 Å². The molecule has 0 bridgehead atoms. The second-order valence-corrected chi connectivity index (χ2v) is 5.30. The summed E-state index contributed by atoms with van der Waals surface area (Å²) < 4.78 is 0. The van der Waals surface area contributed by atoms with Crippen LogP contribution in [0.2, 0.25) is 0 Å². The summed E-state index contributed by atoms with van der Waals surface area (Å²) in [6, 6.07) is 12.9. The van der Waals surface area contributed by atoms with Gasteiger partial charge in [-0.15, -0.1) is 18.3 Å². The fraction of sp³-hybridized carbons (Fsp3) is 0.125. The quantitative estimate of drug-likeness (QED) is 0.427. The van der Waals surface area contributed by atoms with E-state index in [-0.39, 0.29) is 11.5 Å². The van der Waals surface area contributed by atoms with E-state index in [9.17, 15) is 10.2 Å². The van der Waals surface area contributed by atoms with Crippen molar-refractivity contribution in [3.05, 3.63) is 60.7 Å². The van der Waals surface area contributed by atoms with Gasteiger partial charge in [-0.25, -0.2) is 0 Å². The van der Waals surface area contributed by atoms with Gasteiger partial charge in [0.15, 0.2) is 11.5 Å². The lowest BCUT2D eigenvalue weighted by molar-refractivity contribution is 0.400. The standard InChI is InChI=1S/C16H17NO2S/c1-2-10-20-15-9-4-3-7-13(15)17-11-12-6-5-8-14(18)16(12)19/h2-9,17-19H,1,10-11H2. The summed E-state index contributed by atoms with van der Waals surface area (Å²) in [6.45, 7) is 4.17. The van der Waals surface area contributed by atoms with Gasteiger partial charge in [0.25, 0.3) is 0 Å². The van der Waals surface area contributed by atoms with E-state index in [1.165, 1.54) is 6.07 Å². The number of nitrogens with one attached hydrogen (secondary N) is 1. The zero-order valence-electron chi connectivity index (χ0n) is 11.0. The zero-order chi connectivity index (χ0) is 14.4. The Balaban J connectivity index is 2.10. The van der Waals surface area contributed by atoms with Gasteiger partial charge >= 0.3 is 0 Å². The van der Waals surface area contributed by atoms with Crippen molar-refractivity contribution in [2.24, 2.45) is 0 Å². The van der Waals surface area contributed by atoms with Crippen molar-refractivity contribution in [1.29, 1.82) is 0 Å². The van der Waals surface area contributed by atoms with Crippen LogP contribution in [0.15, 0.2) is 60.0 Å². The van der Waals surface area contributed by atoms with Crippen molar-refractivity contribution in [2.45, 2.75) is 11.4 Å². The van der Waals surface area contributed by atoms with Gasteiger partial charge in [0.2, 0.25) is 0 Å². The Labute approximate surface area is 123 Å². The number of phenolic OH excluding ortho intramolecular Hbond substituents is 2. The van der Waals surface area contributed by atoms with Crippen LogP contribution in [0.25, 0.3) is 0 Å². The van der Waals surface area contributed by atoms with Gasteiger partial charge in [0.1, 0.15) is 0 Å². The summed E-state index contributed by atoms with van der Waals surface area (Å²) in [5.41, 5.74) is 1.66. The molecule has 0 heterocycles. The lowest BCUT2D eigenvalue weighted by Crippen LogP contribution is -2.01. The highest BCUT2D eigenvalue weighted by molar-refractivity contribution is 7.99. The first-order valence-corrected chi connectivity index (χ1v) is 7.27. The molecule has 0 aliphatic rings. The van der Waals surface area contributed by atoms with Crippen LogP contribution in [0.3, 0.4) is 0 Å². The lowest BCUT2D eigenvalue weighted by Gasteiger charge is -2.12. The molecule has 104 valence electrons. The van der Waals surface area contributed by atoms with Crippen LogP contribution in [-0.4, -0.2) is 16.0 Å². The molecular weight excluding hydrogens is 270 g/mol. The maximum atomic E-state index is 9.78. The smallest absolute Gasteiger partial charge is 0.162 e. The van der Waals surface area contributed by atoms with Crippen LogP contribution < -0.4 is 5.32 Å². The maximum Gasteiger partial charge on any atom is 0.162 e. The molecule has 0 aromatic heterocycles. The predicted molar refractivity (Wildman–Crippen MR) is 84.5 cm³/mol. The Hall–Kier alpha value is -2.07. The first kappa shape index (κ1) is 14.3. The third-order valence-electron chi connectivity index (χ3n) is 2.81. The number of phenols is 2. The van der Waals surface area contributed by atoms with E-state index in [2.05, 4.69) is 11.9 Å². The number of rotatable bonds is 6. The van der Waals surface area contributed by atoms with Crippen LogP contribution in [-0.2, 0) is 6.54 Å². The summed E-state index contributed by atoms with van der Waals surface area (Å²) in [7, 11) is 0. The predicted octanol–water partition coefficient (Wildman–Crippen LogP) is 3.99. The Morgan fingerprint density at radius 2 is 1.90 bits per heavy atom. The van der Waals surface area contributed by atoms with E-state index in [4.69, 9.17) is 0 Å². The van der Waals surface area contributed by atoms with E-state index in [1.807, 2.05) is 30.3 Å². The molecule has 0 atom stereocenters. The molecule has 0 saturated carbocycles. The Bertz CT molecular complexity index is 599. The normalized spacial score (nSPS) is 10.2. The second kappa shape index (κ2) is 6.91. The highest BCUT2D eigenvalue weighted by Crippen LogP contribution is 2.31. The van der Waals surface area contributed by atoms with Crippen molar-refractivity contribution >= 4 is 17.4 Å². The van der Waals surface area contributed by atoms with E-state index in [1.54, 1.807) is 23.9 Å². The van der Waals surface area contributed by atoms with Crippen LogP contribution in [0.4, 0.5) is 5.69 Å². The largest absolute Gasteiger partial charge is 0.504 e. The highest BCUT2D eigenvalue weighted by atomic mass is 32.2. The van der Waals surface area contributed by atoms with Gasteiger partial charge in [0, 0.05) is 28.4 Å². The van der Waals surface area contributed by atoms with Gasteiger partial charge in [-0.2, -0.15) is 0 Å². The molecule has 4 heteroatoms. The molecule has 2 aromatic rings. The minimum atomic E-state index is -0.0985. The van der Waals surface area contributed by atoms with E-state index in [0.29, 0.717) is 12.1 Å². The first-order valence-electron chi connectivity index (χ1n) is 6.28. The number of hydrogen-bond acceptors (Lipinski definition) is 4. The van der Waals surface area contributed by atoms with Gasteiger partial charge in [0.05, 0.1) is 0 Å². The molecule has 0 saturated heterocycles. The van der Waals surface area contributed by atoms with Gasteiger partial charge in [-0.3, -0.25) is 0 Å². The minimum Gasteiger partial charge on any atom is -0.504 e. The Morgan fingerprint density at radius 3 is 2.70 bits per heavy atom. The fourth-order valence-corrected chi connectivity index (χ4v) is 2.57. The maximum absolute atomic E-state index is 9.78. The number of thioether (sulfide) groups is 1. The molecule has 0 unspecified atom stereocenters. The molecule has 3 nitrogen and oxygen atoms in total. The number of anilines is 1. The monoisotopic (exact) mass is 287 g/mol. The molecule has 0 aliphatic heterocycles. The number of para-hydroxylation sites is 2. The zero-order valence-corrected chi connectivity index (χ0v) is 11.9. The van der Waals surface area contributed by atoms with E-state index in [0.717, 1.165) is 16.3 Å². The molecule has 0 fully saturated rings. The van der Waals surface area contributed by atoms with Crippen LogP contribution in [0, 0.1) is 0 Å². The molecule has 0 spiro atoms. The molecule has 3 N–H and O–H groups in total. The average molecular weight is 287 g/mol. The highest BCUT2D eigenvalue weighted by Gasteiger charge is 2.07. The van der Waals surface area contributed by atoms with Crippen molar-refractivity contribution in [3.63, 3.8) is 0 Å². The van der Waals surface area contributed by atoms with Gasteiger partial charge in [-0.05, 0) is 18.2 Å². The Morgan fingerprint density at radius 1 is 1.10 bits per heavy atom. The summed E-state index contributed by atoms with van der Waals surface area (Å²) in [4.78, 5) is 1.13. The number of hydrogen-bond donors (Lipinski definition) is 3. The first-order chi connectivity index (χ1) is 9.72. The molecule has 0 radical (unpaired) electrons. The molecular formula is C16H17NO2S. The van der Waals surface area contributed by atoms with Crippen molar-refractivity contribution < 1.29 is 10.2 Å². The average Bonchev–Trinajstić information content (AvgIpc) is 2.47. The third kappa shape index (κ3) is 3.48. The SMILES string of the molecule is C=CCSc1ccccc1NCc1cccc(O)c1O. The Kier molecular flexibility index (Phi) is 4.96. The minimum absolute atomic E-state index is 0.0729. The summed E-state index contributed by atoms with van der Waals surface area (Å²) in [5.74, 6) is 0.672. The van der Waals surface area contributed by atoms with Crippen LogP contribution in [0.1, 0.15) is 5.56 Å². The molecule has 2 rings (SSSR count).